The number of nitrogens with zero attached hydrogens (tertiary/aromatic N) is 3. The quantitative estimate of drug-likeness (QED) is 0.672. The summed E-state index contributed by atoms with van der Waals surface area (Å²) in [6, 6.07) is 7.84. The van der Waals surface area contributed by atoms with E-state index in [0.717, 1.165) is 30.0 Å². The Bertz CT molecular complexity index is 944. The number of fused-ring (bicyclic) bond motifs is 2. The molecule has 0 saturated carbocycles. The zero-order chi connectivity index (χ0) is 17.1. The van der Waals surface area contributed by atoms with Gasteiger partial charge in [-0.3, -0.25) is 4.40 Å². The van der Waals surface area contributed by atoms with Crippen molar-refractivity contribution in [3.8, 4) is 17.1 Å². The molecule has 0 fully saturated rings. The summed E-state index contributed by atoms with van der Waals surface area (Å²) in [5, 5.41) is 8.01. The Hall–Kier alpha value is -2.57. The fraction of sp³-hybridized carbons (Fsp3) is 0.294. The van der Waals surface area contributed by atoms with Gasteiger partial charge in [0, 0.05) is 18.2 Å². The van der Waals surface area contributed by atoms with Gasteiger partial charge in [-0.25, -0.2) is 0 Å². The Morgan fingerprint density at radius 2 is 1.92 bits per heavy atom. The first-order valence-corrected chi connectivity index (χ1v) is 7.47. The molecule has 124 valence electrons. The minimum absolute atomic E-state index is 0.280. The van der Waals surface area contributed by atoms with E-state index in [1.54, 1.807) is 6.07 Å². The van der Waals surface area contributed by atoms with Gasteiger partial charge in [0.25, 0.3) is 0 Å². The number of ether oxygens (including phenoxy) is 1. The maximum atomic E-state index is 13.0. The van der Waals surface area contributed by atoms with Crippen LogP contribution in [0.3, 0.4) is 0 Å². The Balaban J connectivity index is 1.83. The number of alkyl halides is 3. The smallest absolute Gasteiger partial charge is 0.417 e. The van der Waals surface area contributed by atoms with Crippen LogP contribution in [0.25, 0.3) is 17.0 Å². The molecule has 3 aromatic rings. The van der Waals surface area contributed by atoms with E-state index in [1.807, 2.05) is 26.0 Å². The molecule has 0 amide bonds. The van der Waals surface area contributed by atoms with Crippen LogP contribution in [0.1, 0.15) is 25.0 Å². The second-order valence-electron chi connectivity index (χ2n) is 6.53. The first kappa shape index (κ1) is 15.0. The second-order valence-corrected chi connectivity index (χ2v) is 6.53. The van der Waals surface area contributed by atoms with E-state index in [9.17, 15) is 13.2 Å². The molecule has 0 N–H and O–H groups in total. The Labute approximate surface area is 135 Å². The first-order valence-electron chi connectivity index (χ1n) is 7.47. The molecular weight excluding hydrogens is 319 g/mol. The molecule has 4 nitrogen and oxygen atoms in total. The van der Waals surface area contributed by atoms with Crippen LogP contribution < -0.4 is 4.74 Å². The predicted molar refractivity (Wildman–Crippen MR) is 81.8 cm³/mol. The van der Waals surface area contributed by atoms with Crippen LogP contribution in [0.5, 0.6) is 5.75 Å². The number of halogens is 3. The topological polar surface area (TPSA) is 39.4 Å². The number of aromatic nitrogens is 3. The van der Waals surface area contributed by atoms with Gasteiger partial charge in [0.2, 0.25) is 0 Å². The van der Waals surface area contributed by atoms with Crippen molar-refractivity contribution in [3.63, 3.8) is 0 Å². The van der Waals surface area contributed by atoms with E-state index in [1.165, 1.54) is 10.5 Å². The van der Waals surface area contributed by atoms with E-state index in [2.05, 4.69) is 10.2 Å². The van der Waals surface area contributed by atoms with Crippen LogP contribution >= 0.6 is 0 Å². The summed E-state index contributed by atoms with van der Waals surface area (Å²) >= 11 is 0. The van der Waals surface area contributed by atoms with E-state index >= 15 is 0 Å². The molecule has 3 heterocycles. The van der Waals surface area contributed by atoms with Crippen LogP contribution in [-0.4, -0.2) is 20.2 Å². The molecule has 4 rings (SSSR count). The summed E-state index contributed by atoms with van der Waals surface area (Å²) in [7, 11) is 0. The normalized spacial score (nSPS) is 16.2. The third kappa shape index (κ3) is 2.40. The summed E-state index contributed by atoms with van der Waals surface area (Å²) in [5.74, 6) is 1.18. The monoisotopic (exact) mass is 333 g/mol. The highest BCUT2D eigenvalue weighted by Gasteiger charge is 2.32. The van der Waals surface area contributed by atoms with E-state index < -0.39 is 11.7 Å². The molecular formula is C17H14F3N3O. The van der Waals surface area contributed by atoms with E-state index in [0.29, 0.717) is 17.0 Å². The molecule has 0 unspecified atom stereocenters. The number of benzene rings is 1. The Morgan fingerprint density at radius 1 is 1.12 bits per heavy atom. The van der Waals surface area contributed by atoms with Gasteiger partial charge in [0.1, 0.15) is 11.4 Å². The van der Waals surface area contributed by atoms with E-state index in [-0.39, 0.29) is 5.60 Å². The van der Waals surface area contributed by atoms with E-state index in [4.69, 9.17) is 4.74 Å². The van der Waals surface area contributed by atoms with Gasteiger partial charge in [0.05, 0.1) is 5.56 Å². The fourth-order valence-electron chi connectivity index (χ4n) is 3.00. The molecule has 1 aliphatic heterocycles. The van der Waals surface area contributed by atoms with Gasteiger partial charge in [0.15, 0.2) is 11.5 Å². The highest BCUT2D eigenvalue weighted by Crippen LogP contribution is 2.37. The van der Waals surface area contributed by atoms with Crippen LogP contribution in [0.4, 0.5) is 13.2 Å². The number of hydrogen-bond acceptors (Lipinski definition) is 3. The van der Waals surface area contributed by atoms with Crippen molar-refractivity contribution in [1.29, 1.82) is 0 Å². The van der Waals surface area contributed by atoms with Crippen molar-refractivity contribution < 1.29 is 17.9 Å². The second kappa shape index (κ2) is 4.72. The molecule has 1 aromatic carbocycles. The van der Waals surface area contributed by atoms with Gasteiger partial charge in [-0.2, -0.15) is 13.2 Å². The lowest BCUT2D eigenvalue weighted by atomic mass is 10.00. The standard InChI is InChI=1S/C17H14F3N3O/c1-16(2)8-11-7-10(3-5-13(11)24-16)15-22-21-14-6-4-12(9-23(14)15)17(18,19)20/h3-7,9H,8H2,1-2H3. The molecule has 2 aromatic heterocycles. The zero-order valence-corrected chi connectivity index (χ0v) is 13.1. The summed E-state index contributed by atoms with van der Waals surface area (Å²) in [6.45, 7) is 3.99. The third-order valence-electron chi connectivity index (χ3n) is 4.05. The van der Waals surface area contributed by atoms with Crippen LogP contribution in [0.2, 0.25) is 0 Å². The van der Waals surface area contributed by atoms with Gasteiger partial charge < -0.3 is 4.74 Å². The van der Waals surface area contributed by atoms with Crippen molar-refractivity contribution in [2.45, 2.75) is 32.0 Å². The highest BCUT2D eigenvalue weighted by molar-refractivity contribution is 5.63. The summed E-state index contributed by atoms with van der Waals surface area (Å²) in [4.78, 5) is 0. The number of pyridine rings is 1. The lowest BCUT2D eigenvalue weighted by Crippen LogP contribution is -2.24. The molecule has 0 bridgehead atoms. The van der Waals surface area contributed by atoms with Crippen molar-refractivity contribution in [2.24, 2.45) is 0 Å². The lowest BCUT2D eigenvalue weighted by molar-refractivity contribution is -0.137. The van der Waals surface area contributed by atoms with Gasteiger partial charge in [-0.05, 0) is 49.7 Å². The zero-order valence-electron chi connectivity index (χ0n) is 13.1. The average Bonchev–Trinajstić information content (AvgIpc) is 3.03. The summed E-state index contributed by atoms with van der Waals surface area (Å²) < 4.78 is 46.0. The van der Waals surface area contributed by atoms with Crippen LogP contribution in [0, 0.1) is 0 Å². The summed E-state index contributed by atoms with van der Waals surface area (Å²) in [5.41, 5.74) is 1.08. The highest BCUT2D eigenvalue weighted by atomic mass is 19.4. The molecule has 0 aliphatic carbocycles. The molecule has 0 spiro atoms. The predicted octanol–water partition coefficient (Wildman–Crippen LogP) is 4.13. The minimum atomic E-state index is -4.41. The minimum Gasteiger partial charge on any atom is -0.487 e. The van der Waals surface area contributed by atoms with Crippen molar-refractivity contribution in [1.82, 2.24) is 14.6 Å². The maximum Gasteiger partial charge on any atom is 0.417 e. The van der Waals surface area contributed by atoms with Gasteiger partial charge in [-0.1, -0.05) is 0 Å². The average molecular weight is 333 g/mol. The molecule has 1 aliphatic rings. The third-order valence-corrected chi connectivity index (χ3v) is 4.05. The molecule has 0 atom stereocenters. The van der Waals surface area contributed by atoms with Crippen molar-refractivity contribution in [2.75, 3.05) is 0 Å². The fourth-order valence-corrected chi connectivity index (χ4v) is 3.00. The number of rotatable bonds is 1. The molecule has 24 heavy (non-hydrogen) atoms. The summed E-state index contributed by atoms with van der Waals surface area (Å²) in [6.07, 6.45) is -2.65. The van der Waals surface area contributed by atoms with Crippen LogP contribution in [0.15, 0.2) is 36.5 Å². The SMILES string of the molecule is CC1(C)Cc2cc(-c3nnc4ccc(C(F)(F)F)cn34)ccc2O1. The largest absolute Gasteiger partial charge is 0.487 e. The lowest BCUT2D eigenvalue weighted by Gasteiger charge is -2.16. The van der Waals surface area contributed by atoms with Crippen LogP contribution in [-0.2, 0) is 12.6 Å². The van der Waals surface area contributed by atoms with Gasteiger partial charge in [-0.15, -0.1) is 10.2 Å². The van der Waals surface area contributed by atoms with Crippen molar-refractivity contribution in [3.05, 3.63) is 47.7 Å². The molecule has 0 saturated heterocycles. The Kier molecular flexibility index (Phi) is 2.95. The Morgan fingerprint density at radius 3 is 2.67 bits per heavy atom. The van der Waals surface area contributed by atoms with Crippen molar-refractivity contribution >= 4 is 5.65 Å². The number of hydrogen-bond donors (Lipinski definition) is 0. The first-order chi connectivity index (χ1) is 11.2. The maximum absolute atomic E-state index is 13.0. The molecule has 0 radical (unpaired) electrons. The van der Waals surface area contributed by atoms with Gasteiger partial charge >= 0.3 is 6.18 Å². The molecule has 7 heteroatoms.